The molecule has 3 atom stereocenters. The van der Waals surface area contributed by atoms with Gasteiger partial charge in [-0.25, -0.2) is 9.29 Å². The minimum Gasteiger partial charge on any atom is -0.274 e. The van der Waals surface area contributed by atoms with Crippen LogP contribution in [0.2, 0.25) is 0 Å². The zero-order valence-electron chi connectivity index (χ0n) is 12.8. The molecular weight excluding hydrogens is 327 g/mol. The van der Waals surface area contributed by atoms with E-state index in [9.17, 15) is 14.0 Å². The van der Waals surface area contributed by atoms with Crippen molar-refractivity contribution in [3.8, 4) is 6.07 Å². The molecule has 4 nitrogen and oxygen atoms in total. The van der Waals surface area contributed by atoms with Crippen LogP contribution in [0.3, 0.4) is 0 Å². The van der Waals surface area contributed by atoms with E-state index in [2.05, 4.69) is 6.08 Å². The lowest BCUT2D eigenvalue weighted by atomic mass is 9.72. The van der Waals surface area contributed by atoms with E-state index < -0.39 is 11.7 Å². The van der Waals surface area contributed by atoms with E-state index in [-0.39, 0.29) is 34.9 Å². The van der Waals surface area contributed by atoms with Crippen LogP contribution in [0.25, 0.3) is 0 Å². The first-order valence-corrected chi connectivity index (χ1v) is 9.09. The number of rotatable bonds is 2. The normalized spacial score (nSPS) is 29.3. The number of anilines is 1. The second-order valence-electron chi connectivity index (χ2n) is 6.46. The summed E-state index contributed by atoms with van der Waals surface area (Å²) in [6.07, 6.45) is 4.58. The second-order valence-corrected chi connectivity index (χ2v) is 7.54. The van der Waals surface area contributed by atoms with E-state index in [1.54, 1.807) is 0 Å². The minimum absolute atomic E-state index is 0.0415. The lowest BCUT2D eigenvalue weighted by Gasteiger charge is -2.37. The molecule has 4 rings (SSSR count). The van der Waals surface area contributed by atoms with Crippen LogP contribution in [0.15, 0.2) is 30.4 Å². The molecule has 1 aliphatic carbocycles. The van der Waals surface area contributed by atoms with Gasteiger partial charge in [0, 0.05) is 0 Å². The van der Waals surface area contributed by atoms with Gasteiger partial charge < -0.3 is 0 Å². The van der Waals surface area contributed by atoms with Crippen molar-refractivity contribution >= 4 is 29.3 Å². The first-order chi connectivity index (χ1) is 11.6. The van der Waals surface area contributed by atoms with Gasteiger partial charge in [0.25, 0.3) is 0 Å². The fraction of sp³-hybridized carbons (Fsp3) is 0.389. The molecule has 24 heavy (non-hydrogen) atoms. The molecule has 2 unspecified atom stereocenters. The highest BCUT2D eigenvalue weighted by molar-refractivity contribution is 8.00. The van der Waals surface area contributed by atoms with Crippen LogP contribution in [0.1, 0.15) is 12.0 Å². The van der Waals surface area contributed by atoms with E-state index in [1.807, 2.05) is 23.9 Å². The fourth-order valence-electron chi connectivity index (χ4n) is 3.85. The van der Waals surface area contributed by atoms with Gasteiger partial charge >= 0.3 is 0 Å². The van der Waals surface area contributed by atoms with Gasteiger partial charge in [-0.1, -0.05) is 12.2 Å². The Hall–Kier alpha value is -2.13. The number of benzene rings is 1. The van der Waals surface area contributed by atoms with Gasteiger partial charge in [0.15, 0.2) is 0 Å². The van der Waals surface area contributed by atoms with Gasteiger partial charge in [-0.3, -0.25) is 9.59 Å². The molecular formula is C18H15FN2O2S. The quantitative estimate of drug-likeness (QED) is 0.612. The van der Waals surface area contributed by atoms with Crippen molar-refractivity contribution in [3.63, 3.8) is 0 Å². The molecule has 3 aliphatic rings. The second kappa shape index (κ2) is 5.75. The monoisotopic (exact) mass is 342 g/mol. The summed E-state index contributed by atoms with van der Waals surface area (Å²) in [7, 11) is 0. The smallest absolute Gasteiger partial charge is 0.238 e. The Balaban J connectivity index is 1.70. The third-order valence-electron chi connectivity index (χ3n) is 5.17. The van der Waals surface area contributed by atoms with Gasteiger partial charge in [-0.2, -0.15) is 17.0 Å². The zero-order chi connectivity index (χ0) is 16.8. The Morgan fingerprint density at radius 3 is 2.67 bits per heavy atom. The van der Waals surface area contributed by atoms with Gasteiger partial charge in [0.05, 0.1) is 29.2 Å². The Morgan fingerprint density at radius 1 is 1.25 bits per heavy atom. The van der Waals surface area contributed by atoms with Crippen molar-refractivity contribution in [3.05, 3.63) is 41.7 Å². The lowest BCUT2D eigenvalue weighted by molar-refractivity contribution is -0.123. The van der Waals surface area contributed by atoms with Crippen LogP contribution in [0, 0.1) is 40.8 Å². The van der Waals surface area contributed by atoms with Crippen LogP contribution in [0.5, 0.6) is 0 Å². The molecule has 6 heteroatoms. The first-order valence-electron chi connectivity index (χ1n) is 7.93. The van der Waals surface area contributed by atoms with Crippen molar-refractivity contribution < 1.29 is 14.0 Å². The van der Waals surface area contributed by atoms with E-state index in [4.69, 9.17) is 5.26 Å². The summed E-state index contributed by atoms with van der Waals surface area (Å²) in [5.74, 6) is 0.370. The number of carbonyl (C=O) groups is 2. The van der Waals surface area contributed by atoms with Crippen LogP contribution < -0.4 is 4.90 Å². The van der Waals surface area contributed by atoms with Crippen LogP contribution >= 0.6 is 11.8 Å². The molecule has 0 bridgehead atoms. The third-order valence-corrected chi connectivity index (χ3v) is 6.49. The summed E-state index contributed by atoms with van der Waals surface area (Å²) < 4.78 is 14.3. The number of halogens is 1. The van der Waals surface area contributed by atoms with Crippen LogP contribution in [-0.2, 0) is 9.59 Å². The summed E-state index contributed by atoms with van der Waals surface area (Å²) in [5.41, 5.74) is 0.124. The molecule has 0 saturated carbocycles. The molecule has 2 amide bonds. The zero-order valence-corrected chi connectivity index (χ0v) is 13.6. The molecule has 2 saturated heterocycles. The molecule has 2 fully saturated rings. The minimum atomic E-state index is -0.710. The van der Waals surface area contributed by atoms with E-state index in [1.165, 1.54) is 12.1 Å². The molecule has 0 radical (unpaired) electrons. The number of allylic oxidation sites excluding steroid dienone is 2. The van der Waals surface area contributed by atoms with Gasteiger partial charge in [0.2, 0.25) is 11.8 Å². The summed E-state index contributed by atoms with van der Waals surface area (Å²) in [6, 6.07) is 5.70. The molecule has 0 aromatic heterocycles. The molecule has 1 aromatic rings. The molecule has 1 aromatic carbocycles. The molecule has 0 spiro atoms. The average Bonchev–Trinajstić information content (AvgIpc) is 2.78. The maximum Gasteiger partial charge on any atom is 0.238 e. The summed E-state index contributed by atoms with van der Waals surface area (Å²) in [5, 5.41) is 8.85. The number of thioether (sulfide) groups is 1. The Bertz CT molecular complexity index is 797. The lowest BCUT2D eigenvalue weighted by Crippen LogP contribution is -2.39. The van der Waals surface area contributed by atoms with E-state index in [0.29, 0.717) is 12.3 Å². The standard InChI is InChI=1S/C18H15FN2O2S/c19-14-6-10(7-20)4-5-15(14)21-17(22)13-3-1-2-12(11-8-24-9-11)16(13)18(21)23/h1-2,4-6,11-13,16H,3,8-9H2/t12-,13?,16?/m1/s1. The molecule has 2 aliphatic heterocycles. The number of carbonyl (C=O) groups excluding carboxylic acids is 2. The van der Waals surface area contributed by atoms with E-state index >= 15 is 0 Å². The van der Waals surface area contributed by atoms with Crippen molar-refractivity contribution in [1.82, 2.24) is 0 Å². The highest BCUT2D eigenvalue weighted by atomic mass is 32.2. The molecule has 122 valence electrons. The van der Waals surface area contributed by atoms with Gasteiger partial charge in [-0.05, 0) is 48.0 Å². The maximum absolute atomic E-state index is 14.3. The number of nitrogens with zero attached hydrogens (tertiary/aromatic N) is 2. The average molecular weight is 342 g/mol. The SMILES string of the molecule is N#Cc1ccc(N2C(=O)C3CC=C[C@H](C4CSC4)C3C2=O)c(F)c1. The summed E-state index contributed by atoms with van der Waals surface area (Å²) in [4.78, 5) is 26.7. The number of hydrogen-bond donors (Lipinski definition) is 0. The summed E-state index contributed by atoms with van der Waals surface area (Å²) in [6.45, 7) is 0. The van der Waals surface area contributed by atoms with Crippen LogP contribution in [0.4, 0.5) is 10.1 Å². The third kappa shape index (κ3) is 2.19. The number of fused-ring (bicyclic) bond motifs is 1. The number of amides is 2. The highest BCUT2D eigenvalue weighted by Gasteiger charge is 2.54. The predicted octanol–water partition coefficient (Wildman–Crippen LogP) is 2.74. The summed E-state index contributed by atoms with van der Waals surface area (Å²) >= 11 is 1.84. The Kier molecular flexibility index (Phi) is 3.69. The molecule has 0 N–H and O–H groups in total. The van der Waals surface area contributed by atoms with E-state index in [0.717, 1.165) is 22.5 Å². The largest absolute Gasteiger partial charge is 0.274 e. The van der Waals surface area contributed by atoms with Crippen molar-refractivity contribution in [2.75, 3.05) is 16.4 Å². The fourth-order valence-corrected chi connectivity index (χ4v) is 4.81. The van der Waals surface area contributed by atoms with Crippen LogP contribution in [-0.4, -0.2) is 23.3 Å². The number of imide groups is 1. The number of nitriles is 1. The highest BCUT2D eigenvalue weighted by Crippen LogP contribution is 2.47. The van der Waals surface area contributed by atoms with Crippen molar-refractivity contribution in [2.45, 2.75) is 6.42 Å². The molecule has 2 heterocycles. The Morgan fingerprint density at radius 2 is 2.04 bits per heavy atom. The van der Waals surface area contributed by atoms with Gasteiger partial charge in [0.1, 0.15) is 5.82 Å². The Labute approximate surface area is 143 Å². The predicted molar refractivity (Wildman–Crippen MR) is 88.7 cm³/mol. The number of hydrogen-bond acceptors (Lipinski definition) is 4. The topological polar surface area (TPSA) is 61.2 Å². The van der Waals surface area contributed by atoms with Crippen molar-refractivity contribution in [1.29, 1.82) is 5.26 Å². The maximum atomic E-state index is 14.3. The van der Waals surface area contributed by atoms with Gasteiger partial charge in [-0.15, -0.1) is 0 Å². The first kappa shape index (κ1) is 15.4. The van der Waals surface area contributed by atoms with Crippen molar-refractivity contribution in [2.24, 2.45) is 23.7 Å².